The Morgan fingerprint density at radius 3 is 2.80 bits per heavy atom. The summed E-state index contributed by atoms with van der Waals surface area (Å²) in [5.41, 5.74) is 1.29. The summed E-state index contributed by atoms with van der Waals surface area (Å²) >= 11 is 0. The number of H-pyrrole nitrogens is 1. The van der Waals surface area contributed by atoms with Crippen LogP contribution in [0.1, 0.15) is 38.2 Å². The number of pyridine rings is 1. The molecule has 132 valence electrons. The first-order chi connectivity index (χ1) is 11.7. The van der Waals surface area contributed by atoms with E-state index in [4.69, 9.17) is 0 Å². The van der Waals surface area contributed by atoms with Crippen molar-refractivity contribution in [2.24, 2.45) is 5.41 Å². The standard InChI is InChI=1S/C16H20N6O3/c1-9-5-10-7-18-22(14(10)17-6-9)8-11(23)19-12(16(2,3)4)13-20-15(24)25-21-13/h5-7,12H,8H2,1-4H3,(H,19,23)(H,20,21,24). The second-order valence-electron chi connectivity index (χ2n) is 7.07. The smallest absolute Gasteiger partial charge is 0.344 e. The van der Waals surface area contributed by atoms with Crippen molar-refractivity contribution in [3.8, 4) is 0 Å². The Balaban J connectivity index is 1.80. The van der Waals surface area contributed by atoms with Gasteiger partial charge in [-0.05, 0) is 24.0 Å². The molecule has 0 aliphatic heterocycles. The highest BCUT2D eigenvalue weighted by Crippen LogP contribution is 2.30. The largest absolute Gasteiger partial charge is 0.438 e. The molecule has 1 amide bonds. The van der Waals surface area contributed by atoms with E-state index in [0.29, 0.717) is 5.65 Å². The molecule has 3 heterocycles. The minimum absolute atomic E-state index is 0.00816. The van der Waals surface area contributed by atoms with Crippen molar-refractivity contribution in [2.45, 2.75) is 40.3 Å². The number of amides is 1. The van der Waals surface area contributed by atoms with Gasteiger partial charge in [-0.25, -0.2) is 14.5 Å². The van der Waals surface area contributed by atoms with Crippen molar-refractivity contribution in [2.75, 3.05) is 0 Å². The predicted molar refractivity (Wildman–Crippen MR) is 89.7 cm³/mol. The summed E-state index contributed by atoms with van der Waals surface area (Å²) < 4.78 is 6.09. The minimum atomic E-state index is -0.656. The van der Waals surface area contributed by atoms with Crippen LogP contribution >= 0.6 is 0 Å². The molecule has 0 bridgehead atoms. The molecular formula is C16H20N6O3. The van der Waals surface area contributed by atoms with Crippen molar-refractivity contribution in [3.63, 3.8) is 0 Å². The second kappa shape index (κ2) is 6.15. The second-order valence-corrected chi connectivity index (χ2v) is 7.07. The highest BCUT2D eigenvalue weighted by atomic mass is 16.5. The monoisotopic (exact) mass is 344 g/mol. The first kappa shape index (κ1) is 16.9. The van der Waals surface area contributed by atoms with Crippen LogP contribution in [0.2, 0.25) is 0 Å². The lowest BCUT2D eigenvalue weighted by atomic mass is 9.86. The first-order valence-corrected chi connectivity index (χ1v) is 7.87. The number of nitrogens with one attached hydrogen (secondary N) is 2. The number of aromatic amines is 1. The van der Waals surface area contributed by atoms with Gasteiger partial charge in [0.25, 0.3) is 0 Å². The third-order valence-electron chi connectivity index (χ3n) is 3.81. The molecule has 0 spiro atoms. The topological polar surface area (TPSA) is 119 Å². The quantitative estimate of drug-likeness (QED) is 0.737. The van der Waals surface area contributed by atoms with Crippen LogP contribution in [0.15, 0.2) is 27.8 Å². The van der Waals surface area contributed by atoms with Gasteiger partial charge in [-0.2, -0.15) is 5.10 Å². The normalized spacial score (nSPS) is 13.1. The highest BCUT2D eigenvalue weighted by molar-refractivity contribution is 5.80. The average molecular weight is 344 g/mol. The van der Waals surface area contributed by atoms with Crippen LogP contribution in [0.5, 0.6) is 0 Å². The first-order valence-electron chi connectivity index (χ1n) is 7.87. The van der Waals surface area contributed by atoms with Crippen molar-refractivity contribution in [3.05, 3.63) is 40.4 Å². The van der Waals surface area contributed by atoms with E-state index in [1.54, 1.807) is 12.4 Å². The summed E-state index contributed by atoms with van der Waals surface area (Å²) in [6.07, 6.45) is 3.41. The molecule has 0 aliphatic rings. The average Bonchev–Trinajstić information content (AvgIpc) is 3.10. The molecule has 3 aromatic heterocycles. The number of hydrogen-bond donors (Lipinski definition) is 2. The maximum atomic E-state index is 12.5. The van der Waals surface area contributed by atoms with Gasteiger partial charge in [0.1, 0.15) is 6.54 Å². The van der Waals surface area contributed by atoms with E-state index in [0.717, 1.165) is 10.9 Å². The fourth-order valence-electron chi connectivity index (χ4n) is 2.60. The minimum Gasteiger partial charge on any atom is -0.344 e. The van der Waals surface area contributed by atoms with E-state index >= 15 is 0 Å². The Labute approximate surface area is 143 Å². The third-order valence-corrected chi connectivity index (χ3v) is 3.81. The van der Waals surface area contributed by atoms with Crippen LogP contribution in [0.3, 0.4) is 0 Å². The number of hydrogen-bond acceptors (Lipinski definition) is 6. The van der Waals surface area contributed by atoms with Crippen molar-refractivity contribution in [1.82, 2.24) is 30.2 Å². The van der Waals surface area contributed by atoms with Crippen molar-refractivity contribution < 1.29 is 9.32 Å². The molecule has 3 rings (SSSR count). The number of rotatable bonds is 4. The van der Waals surface area contributed by atoms with Crippen LogP contribution in [-0.2, 0) is 11.3 Å². The molecule has 0 aliphatic carbocycles. The molecule has 0 saturated carbocycles. The summed E-state index contributed by atoms with van der Waals surface area (Å²) in [6.45, 7) is 7.74. The zero-order chi connectivity index (χ0) is 18.2. The molecule has 1 unspecified atom stereocenters. The Hall–Kier alpha value is -2.97. The van der Waals surface area contributed by atoms with Crippen LogP contribution < -0.4 is 11.1 Å². The SMILES string of the molecule is Cc1cnc2c(cnn2CC(=O)NC(c2noc(=O)[nH]2)C(C)(C)C)c1. The number of nitrogens with zero attached hydrogens (tertiary/aromatic N) is 4. The fraction of sp³-hybridized carbons (Fsp3) is 0.438. The van der Waals surface area contributed by atoms with Gasteiger partial charge in [0, 0.05) is 11.6 Å². The van der Waals surface area contributed by atoms with Crippen molar-refractivity contribution >= 4 is 16.9 Å². The van der Waals surface area contributed by atoms with E-state index in [1.165, 1.54) is 4.68 Å². The van der Waals surface area contributed by atoms with Gasteiger partial charge in [0.05, 0.1) is 12.2 Å². The number of aromatic nitrogens is 5. The van der Waals surface area contributed by atoms with Crippen LogP contribution in [-0.4, -0.2) is 30.8 Å². The molecular weight excluding hydrogens is 324 g/mol. The van der Waals surface area contributed by atoms with Crippen LogP contribution in [0, 0.1) is 12.3 Å². The van der Waals surface area contributed by atoms with Crippen LogP contribution in [0.4, 0.5) is 0 Å². The van der Waals surface area contributed by atoms with Gasteiger partial charge < -0.3 is 5.32 Å². The number of fused-ring (bicyclic) bond motifs is 1. The molecule has 1 atom stereocenters. The zero-order valence-corrected chi connectivity index (χ0v) is 14.5. The van der Waals surface area contributed by atoms with Gasteiger partial charge in [0.15, 0.2) is 11.5 Å². The summed E-state index contributed by atoms with van der Waals surface area (Å²) in [4.78, 5) is 30.6. The van der Waals surface area contributed by atoms with Crippen molar-refractivity contribution in [1.29, 1.82) is 0 Å². The molecule has 0 saturated heterocycles. The molecule has 0 aromatic carbocycles. The predicted octanol–water partition coefficient (Wildman–Crippen LogP) is 1.32. The third kappa shape index (κ3) is 3.59. The highest BCUT2D eigenvalue weighted by Gasteiger charge is 2.31. The van der Waals surface area contributed by atoms with Gasteiger partial charge in [-0.1, -0.05) is 25.9 Å². The van der Waals surface area contributed by atoms with Gasteiger partial charge in [-0.3, -0.25) is 14.3 Å². The Kier molecular flexibility index (Phi) is 4.15. The number of carbonyl (C=O) groups is 1. The molecule has 9 heteroatoms. The number of carbonyl (C=O) groups excluding carboxylic acids is 1. The van der Waals surface area contributed by atoms with Gasteiger partial charge in [0.2, 0.25) is 5.91 Å². The summed E-state index contributed by atoms with van der Waals surface area (Å²) in [5.74, 6) is -0.641. The maximum Gasteiger partial charge on any atom is 0.438 e. The van der Waals surface area contributed by atoms with E-state index in [1.807, 2.05) is 33.8 Å². The lowest BCUT2D eigenvalue weighted by molar-refractivity contribution is -0.123. The molecule has 0 radical (unpaired) electrons. The lowest BCUT2D eigenvalue weighted by Gasteiger charge is -2.29. The zero-order valence-electron chi connectivity index (χ0n) is 14.5. The Bertz CT molecular complexity index is 962. The van der Waals surface area contributed by atoms with Gasteiger partial charge >= 0.3 is 5.76 Å². The van der Waals surface area contributed by atoms with E-state index in [2.05, 4.69) is 30.1 Å². The van der Waals surface area contributed by atoms with Crippen LogP contribution in [0.25, 0.3) is 11.0 Å². The Morgan fingerprint density at radius 2 is 2.16 bits per heavy atom. The fourth-order valence-corrected chi connectivity index (χ4v) is 2.60. The molecule has 3 aromatic rings. The van der Waals surface area contributed by atoms with Gasteiger partial charge in [-0.15, -0.1) is 0 Å². The molecule has 2 N–H and O–H groups in total. The molecule has 0 fully saturated rings. The lowest BCUT2D eigenvalue weighted by Crippen LogP contribution is -2.39. The van der Waals surface area contributed by atoms with E-state index in [9.17, 15) is 9.59 Å². The summed E-state index contributed by atoms with van der Waals surface area (Å²) in [7, 11) is 0. The molecule has 9 nitrogen and oxygen atoms in total. The summed E-state index contributed by atoms with van der Waals surface area (Å²) in [6, 6.07) is 1.45. The Morgan fingerprint density at radius 1 is 1.40 bits per heavy atom. The van der Waals surface area contributed by atoms with E-state index in [-0.39, 0.29) is 23.7 Å². The maximum absolute atomic E-state index is 12.5. The molecule has 25 heavy (non-hydrogen) atoms. The number of aryl methyl sites for hydroxylation is 1. The van der Waals surface area contributed by atoms with E-state index < -0.39 is 11.8 Å². The summed E-state index contributed by atoms with van der Waals surface area (Å²) in [5, 5.41) is 11.7.